The van der Waals surface area contributed by atoms with Crippen molar-refractivity contribution in [3.05, 3.63) is 93.7 Å². The van der Waals surface area contributed by atoms with Gasteiger partial charge in [-0.1, -0.05) is 36.4 Å². The number of aromatic nitrogens is 2. The SMILES string of the molecule is Cc1cccc(F)c1N1CCC(n2c(=O)n(Cc3ccccc3C(F)(F)F)c3c(O)cccc32)C1. The summed E-state index contributed by atoms with van der Waals surface area (Å²) in [4.78, 5) is 15.5. The van der Waals surface area contributed by atoms with Gasteiger partial charge in [0.15, 0.2) is 0 Å². The molecule has 5 rings (SSSR count). The Morgan fingerprint density at radius 3 is 2.51 bits per heavy atom. The lowest BCUT2D eigenvalue weighted by Crippen LogP contribution is -2.30. The summed E-state index contributed by atoms with van der Waals surface area (Å²) in [6.07, 6.45) is -4.04. The van der Waals surface area contributed by atoms with Crippen molar-refractivity contribution in [2.24, 2.45) is 0 Å². The number of anilines is 1. The van der Waals surface area contributed by atoms with E-state index in [9.17, 15) is 27.5 Å². The highest BCUT2D eigenvalue weighted by Crippen LogP contribution is 2.35. The molecule has 1 aliphatic rings. The number of aryl methyl sites for hydroxylation is 1. The zero-order valence-corrected chi connectivity index (χ0v) is 18.9. The van der Waals surface area contributed by atoms with Gasteiger partial charge < -0.3 is 10.0 Å². The molecule has 0 saturated carbocycles. The quantitative estimate of drug-likeness (QED) is 0.390. The second kappa shape index (κ2) is 8.48. The van der Waals surface area contributed by atoms with Crippen LogP contribution in [0.4, 0.5) is 23.2 Å². The Morgan fingerprint density at radius 2 is 1.77 bits per heavy atom. The minimum Gasteiger partial charge on any atom is -0.506 e. The molecule has 182 valence electrons. The van der Waals surface area contributed by atoms with Crippen molar-refractivity contribution in [2.45, 2.75) is 32.1 Å². The fraction of sp³-hybridized carbons (Fsp3) is 0.269. The van der Waals surface area contributed by atoms with Crippen LogP contribution in [0.25, 0.3) is 11.0 Å². The van der Waals surface area contributed by atoms with Crippen LogP contribution in [0.2, 0.25) is 0 Å². The Kier molecular flexibility index (Phi) is 5.57. The molecule has 1 aliphatic heterocycles. The maximum absolute atomic E-state index is 14.6. The van der Waals surface area contributed by atoms with Crippen LogP contribution in [0.5, 0.6) is 5.75 Å². The second-order valence-electron chi connectivity index (χ2n) is 8.83. The molecule has 0 spiro atoms. The van der Waals surface area contributed by atoms with Gasteiger partial charge in [0.25, 0.3) is 0 Å². The minimum absolute atomic E-state index is 0.0700. The van der Waals surface area contributed by atoms with E-state index in [4.69, 9.17) is 0 Å². The molecular formula is C26H23F4N3O2. The largest absolute Gasteiger partial charge is 0.506 e. The number of phenolic OH excluding ortho intramolecular Hbond substituents is 1. The van der Waals surface area contributed by atoms with Crippen LogP contribution in [0.1, 0.15) is 29.2 Å². The molecule has 9 heteroatoms. The first kappa shape index (κ1) is 23.0. The Bertz CT molecular complexity index is 1450. The number of alkyl halides is 3. The summed E-state index contributed by atoms with van der Waals surface area (Å²) in [6, 6.07) is 14.3. The van der Waals surface area contributed by atoms with Crippen LogP contribution < -0.4 is 10.6 Å². The number of rotatable bonds is 4. The number of nitrogens with zero attached hydrogens (tertiary/aromatic N) is 3. The molecule has 0 radical (unpaired) electrons. The van der Waals surface area contributed by atoms with E-state index < -0.39 is 17.4 Å². The molecule has 1 aromatic heterocycles. The molecule has 4 aromatic rings. The van der Waals surface area contributed by atoms with Gasteiger partial charge >= 0.3 is 11.9 Å². The predicted octanol–water partition coefficient (Wildman–Crippen LogP) is 5.47. The van der Waals surface area contributed by atoms with Crippen molar-refractivity contribution in [2.75, 3.05) is 18.0 Å². The second-order valence-corrected chi connectivity index (χ2v) is 8.83. The Labute approximate surface area is 198 Å². The molecular weight excluding hydrogens is 462 g/mol. The highest BCUT2D eigenvalue weighted by molar-refractivity contribution is 5.82. The average molecular weight is 485 g/mol. The number of hydrogen-bond acceptors (Lipinski definition) is 3. The van der Waals surface area contributed by atoms with E-state index in [2.05, 4.69) is 0 Å². The third kappa shape index (κ3) is 3.94. The third-order valence-electron chi connectivity index (χ3n) is 6.64. The van der Waals surface area contributed by atoms with Gasteiger partial charge in [0, 0.05) is 13.1 Å². The summed E-state index contributed by atoms with van der Waals surface area (Å²) in [7, 11) is 0. The molecule has 1 fully saturated rings. The van der Waals surface area contributed by atoms with Crippen LogP contribution in [-0.4, -0.2) is 27.3 Å². The van der Waals surface area contributed by atoms with E-state index in [0.29, 0.717) is 30.7 Å². The summed E-state index contributed by atoms with van der Waals surface area (Å²) >= 11 is 0. The molecule has 1 saturated heterocycles. The molecule has 1 N–H and O–H groups in total. The predicted molar refractivity (Wildman–Crippen MR) is 125 cm³/mol. The van der Waals surface area contributed by atoms with Gasteiger partial charge in [0.1, 0.15) is 17.1 Å². The Hall–Kier alpha value is -3.75. The van der Waals surface area contributed by atoms with E-state index in [0.717, 1.165) is 11.6 Å². The molecule has 0 amide bonds. The van der Waals surface area contributed by atoms with Crippen LogP contribution in [0, 0.1) is 12.7 Å². The van der Waals surface area contributed by atoms with Gasteiger partial charge in [0.05, 0.1) is 29.4 Å². The van der Waals surface area contributed by atoms with Crippen molar-refractivity contribution >= 4 is 16.7 Å². The number of imidazole rings is 1. The molecule has 1 atom stereocenters. The Morgan fingerprint density at radius 1 is 1.03 bits per heavy atom. The first-order chi connectivity index (χ1) is 16.7. The summed E-state index contributed by atoms with van der Waals surface area (Å²) in [5.41, 5.74) is 0.447. The van der Waals surface area contributed by atoms with Gasteiger partial charge in [0.2, 0.25) is 0 Å². The third-order valence-corrected chi connectivity index (χ3v) is 6.64. The summed E-state index contributed by atoms with van der Waals surface area (Å²) in [6.45, 7) is 2.34. The molecule has 0 bridgehead atoms. The number of halogens is 4. The average Bonchev–Trinajstić information content (AvgIpc) is 3.37. The van der Waals surface area contributed by atoms with Crippen molar-refractivity contribution in [1.82, 2.24) is 9.13 Å². The van der Waals surface area contributed by atoms with Crippen LogP contribution >= 0.6 is 0 Å². The fourth-order valence-electron chi connectivity index (χ4n) is 5.10. The molecule has 0 aliphatic carbocycles. The molecule has 3 aromatic carbocycles. The number of hydrogen-bond donors (Lipinski definition) is 1. The van der Waals surface area contributed by atoms with Crippen molar-refractivity contribution in [3.63, 3.8) is 0 Å². The fourth-order valence-corrected chi connectivity index (χ4v) is 5.10. The topological polar surface area (TPSA) is 50.4 Å². The highest BCUT2D eigenvalue weighted by Gasteiger charge is 2.34. The first-order valence-corrected chi connectivity index (χ1v) is 11.2. The van der Waals surface area contributed by atoms with Gasteiger partial charge in [-0.3, -0.25) is 9.13 Å². The van der Waals surface area contributed by atoms with Gasteiger partial charge in [-0.05, 0) is 48.7 Å². The maximum atomic E-state index is 14.6. The lowest BCUT2D eigenvalue weighted by molar-refractivity contribution is -0.138. The number of phenols is 1. The van der Waals surface area contributed by atoms with Crippen molar-refractivity contribution in [3.8, 4) is 5.75 Å². The van der Waals surface area contributed by atoms with Crippen LogP contribution in [0.3, 0.4) is 0 Å². The molecule has 5 nitrogen and oxygen atoms in total. The van der Waals surface area contributed by atoms with Gasteiger partial charge in [-0.2, -0.15) is 13.2 Å². The minimum atomic E-state index is -4.58. The lowest BCUT2D eigenvalue weighted by Gasteiger charge is -2.21. The number of aromatic hydroxyl groups is 1. The smallest absolute Gasteiger partial charge is 0.416 e. The molecule has 35 heavy (non-hydrogen) atoms. The molecule has 2 heterocycles. The van der Waals surface area contributed by atoms with Gasteiger partial charge in [-0.15, -0.1) is 0 Å². The number of para-hydroxylation sites is 2. The standard InChI is InChI=1S/C26H23F4N3O2/c1-16-6-4-9-20(27)23(16)31-13-12-18(15-31)33-21-10-5-11-22(34)24(21)32(25(33)35)14-17-7-2-3-8-19(17)26(28,29)30/h2-11,18,34H,12-15H2,1H3. The summed E-state index contributed by atoms with van der Waals surface area (Å²) in [5, 5.41) is 10.6. The van der Waals surface area contributed by atoms with E-state index >= 15 is 0 Å². The zero-order chi connectivity index (χ0) is 24.9. The Balaban J connectivity index is 1.59. The highest BCUT2D eigenvalue weighted by atomic mass is 19.4. The van der Waals surface area contributed by atoms with Crippen LogP contribution in [-0.2, 0) is 12.7 Å². The zero-order valence-electron chi connectivity index (χ0n) is 18.9. The van der Waals surface area contributed by atoms with E-state index in [1.165, 1.54) is 39.5 Å². The van der Waals surface area contributed by atoms with Crippen LogP contribution in [0.15, 0.2) is 65.5 Å². The summed E-state index contributed by atoms with van der Waals surface area (Å²) < 4.78 is 58.0. The van der Waals surface area contributed by atoms with Crippen molar-refractivity contribution < 1.29 is 22.7 Å². The lowest BCUT2D eigenvalue weighted by atomic mass is 10.1. The van der Waals surface area contributed by atoms with E-state index in [1.807, 2.05) is 17.9 Å². The van der Waals surface area contributed by atoms with Gasteiger partial charge in [-0.25, -0.2) is 9.18 Å². The van der Waals surface area contributed by atoms with E-state index in [-0.39, 0.29) is 35.2 Å². The maximum Gasteiger partial charge on any atom is 0.416 e. The van der Waals surface area contributed by atoms with Crippen molar-refractivity contribution in [1.29, 1.82) is 0 Å². The van der Waals surface area contributed by atoms with E-state index in [1.54, 1.807) is 18.2 Å². The monoisotopic (exact) mass is 485 g/mol. The summed E-state index contributed by atoms with van der Waals surface area (Å²) in [5.74, 6) is -0.538. The number of fused-ring (bicyclic) bond motifs is 1. The number of benzene rings is 3. The first-order valence-electron chi connectivity index (χ1n) is 11.2. The normalized spacial score (nSPS) is 16.4. The molecule has 1 unspecified atom stereocenters.